The van der Waals surface area contributed by atoms with Crippen LogP contribution < -0.4 is 0 Å². The molecule has 4 saturated carbocycles. The van der Waals surface area contributed by atoms with Crippen LogP contribution in [0.3, 0.4) is 0 Å². The topological polar surface area (TPSA) is 225 Å². The van der Waals surface area contributed by atoms with Gasteiger partial charge in [0.1, 0.15) is 55.4 Å². The molecule has 6 fully saturated rings. The van der Waals surface area contributed by atoms with Gasteiger partial charge in [-0.2, -0.15) is 0 Å². The summed E-state index contributed by atoms with van der Waals surface area (Å²) in [5.74, 6) is -0.252. The molecule has 14 heteroatoms. The second-order valence-corrected chi connectivity index (χ2v) is 20.7. The number of ether oxygens (including phenoxy) is 5. The van der Waals surface area contributed by atoms with Crippen molar-refractivity contribution in [1.29, 1.82) is 0 Å². The molecule has 0 radical (unpaired) electrons. The smallest absolute Gasteiger partial charge is 0.302 e. The van der Waals surface area contributed by atoms with Gasteiger partial charge in [0, 0.05) is 6.92 Å². The number of carbonyl (C=O) groups is 1. The van der Waals surface area contributed by atoms with Gasteiger partial charge in [-0.15, -0.1) is 0 Å². The fourth-order valence-corrected chi connectivity index (χ4v) is 13.5. The van der Waals surface area contributed by atoms with Gasteiger partial charge in [-0.25, -0.2) is 0 Å². The summed E-state index contributed by atoms with van der Waals surface area (Å²) in [6.45, 7) is 17.8. The lowest BCUT2D eigenvalue weighted by atomic mass is 9.35. The third-order valence-corrected chi connectivity index (χ3v) is 16.9. The van der Waals surface area contributed by atoms with Gasteiger partial charge >= 0.3 is 5.97 Å². The number of allylic oxidation sites excluding steroid dienone is 2. The maximum Gasteiger partial charge on any atom is 0.302 e. The van der Waals surface area contributed by atoms with Crippen LogP contribution in [0.4, 0.5) is 0 Å². The number of fused-ring (bicyclic) bond motifs is 5. The lowest BCUT2D eigenvalue weighted by Gasteiger charge is -2.70. The zero-order valence-electron chi connectivity index (χ0n) is 36.1. The van der Waals surface area contributed by atoms with Gasteiger partial charge in [-0.1, -0.05) is 46.3 Å². The normalized spacial score (nSPS) is 49.8. The monoisotopic (exact) mass is 827 g/mol. The molecule has 20 atom stereocenters. The average molecular weight is 827 g/mol. The Kier molecular flexibility index (Phi) is 13.4. The van der Waals surface area contributed by atoms with Crippen molar-refractivity contribution >= 4 is 5.97 Å². The van der Waals surface area contributed by atoms with Crippen molar-refractivity contribution in [1.82, 2.24) is 0 Å². The van der Waals surface area contributed by atoms with Gasteiger partial charge in [0.05, 0.1) is 24.4 Å². The van der Waals surface area contributed by atoms with E-state index in [1.165, 1.54) is 12.5 Å². The third kappa shape index (κ3) is 7.87. The molecule has 6 rings (SSSR count). The second-order valence-electron chi connectivity index (χ2n) is 20.7. The predicted molar refractivity (Wildman–Crippen MR) is 210 cm³/mol. The Labute approximate surface area is 344 Å². The van der Waals surface area contributed by atoms with Gasteiger partial charge in [0.25, 0.3) is 0 Å². The van der Waals surface area contributed by atoms with Crippen molar-refractivity contribution in [2.45, 2.75) is 199 Å². The Morgan fingerprint density at radius 1 is 0.776 bits per heavy atom. The highest BCUT2D eigenvalue weighted by atomic mass is 16.8. The van der Waals surface area contributed by atoms with Crippen molar-refractivity contribution < 1.29 is 69.3 Å². The van der Waals surface area contributed by atoms with Gasteiger partial charge in [-0.3, -0.25) is 4.79 Å². The van der Waals surface area contributed by atoms with Crippen molar-refractivity contribution in [3.63, 3.8) is 0 Å². The first-order chi connectivity index (χ1) is 26.9. The molecule has 2 saturated heterocycles. The number of hydrogen-bond donors (Lipinski definition) is 8. The van der Waals surface area contributed by atoms with Crippen LogP contribution in [0.2, 0.25) is 0 Å². The summed E-state index contributed by atoms with van der Waals surface area (Å²) >= 11 is 0. The summed E-state index contributed by atoms with van der Waals surface area (Å²) in [5.41, 5.74) is -0.480. The number of rotatable bonds is 11. The van der Waals surface area contributed by atoms with E-state index in [1.807, 2.05) is 6.92 Å². The minimum atomic E-state index is -1.79. The number of esters is 1. The SMILES string of the molecule is CC(=O)OC[C@H]1O[C@@H](O[C@H]2[C@H](O[C@H]3CC[C@]4(C)[C@H]5C[C@@H](O)[C@@H]6[C@@H]([C@](C)(O)CCC=C(C)C)CC[C@@]6(C)[C@]5(C)CC[C@H]4C3(C)C)O[C@H](CO)[C@@H](O)[C@@H]2O)[C@H](O)[C@@H](O)[C@@H]1O. The molecule has 334 valence electrons. The summed E-state index contributed by atoms with van der Waals surface area (Å²) in [4.78, 5) is 11.5. The predicted octanol–water partition coefficient (Wildman–Crippen LogP) is 2.72. The molecule has 0 amide bonds. The lowest BCUT2D eigenvalue weighted by molar-refractivity contribution is -0.378. The highest BCUT2D eigenvalue weighted by molar-refractivity contribution is 5.65. The first-order valence-electron chi connectivity index (χ1n) is 21.7. The second kappa shape index (κ2) is 16.8. The summed E-state index contributed by atoms with van der Waals surface area (Å²) in [6, 6.07) is 0. The number of aliphatic hydroxyl groups is 8. The van der Waals surface area contributed by atoms with Crippen molar-refractivity contribution in [2.75, 3.05) is 13.2 Å². The van der Waals surface area contributed by atoms with E-state index in [0.29, 0.717) is 19.3 Å². The van der Waals surface area contributed by atoms with Gasteiger partial charge in [0.2, 0.25) is 0 Å². The lowest BCUT2D eigenvalue weighted by Crippen LogP contribution is -2.68. The fraction of sp³-hybridized carbons (Fsp3) is 0.932. The molecule has 0 aromatic rings. The molecule has 4 aliphatic carbocycles. The average Bonchev–Trinajstić information content (AvgIpc) is 3.53. The molecule has 0 spiro atoms. The minimum absolute atomic E-state index is 0.00195. The van der Waals surface area contributed by atoms with Crippen molar-refractivity contribution in [3.8, 4) is 0 Å². The molecule has 58 heavy (non-hydrogen) atoms. The van der Waals surface area contributed by atoms with Crippen molar-refractivity contribution in [2.24, 2.45) is 45.3 Å². The van der Waals surface area contributed by atoms with E-state index < -0.39 is 104 Å². The summed E-state index contributed by atoms with van der Waals surface area (Å²) in [6.07, 6.45) is -6.89. The maximum atomic E-state index is 12.2. The van der Waals surface area contributed by atoms with E-state index in [1.54, 1.807) is 0 Å². The van der Waals surface area contributed by atoms with E-state index >= 15 is 0 Å². The zero-order valence-corrected chi connectivity index (χ0v) is 36.1. The quantitative estimate of drug-likeness (QED) is 0.0853. The van der Waals surface area contributed by atoms with E-state index in [0.717, 1.165) is 38.5 Å². The Hall–Kier alpha value is -1.27. The van der Waals surface area contributed by atoms with E-state index in [9.17, 15) is 45.6 Å². The molecule has 0 bridgehead atoms. The van der Waals surface area contributed by atoms with Gasteiger partial charge in [-0.05, 0) is 124 Å². The number of hydrogen-bond acceptors (Lipinski definition) is 14. The van der Waals surface area contributed by atoms with Crippen LogP contribution in [0.5, 0.6) is 0 Å². The molecule has 6 aliphatic rings. The molecule has 14 nitrogen and oxygen atoms in total. The van der Waals surface area contributed by atoms with Gasteiger partial charge < -0.3 is 64.5 Å². The first-order valence-corrected chi connectivity index (χ1v) is 21.7. The first kappa shape index (κ1) is 46.2. The molecule has 0 aromatic heterocycles. The summed E-state index contributed by atoms with van der Waals surface area (Å²) in [5, 5.41) is 88.6. The maximum absolute atomic E-state index is 12.2. The highest BCUT2D eigenvalue weighted by Crippen LogP contribution is 2.76. The molecular weight excluding hydrogens is 752 g/mol. The molecule has 0 unspecified atom stereocenters. The standard InChI is InChI=1S/C44H74O14/c1-22(2)11-10-15-44(9,53)24-12-17-43(8)31(24)25(47)19-29-41(6)16-14-30(40(4,5)28(41)13-18-42(29,43)7)57-39-37(35(51)32(48)26(20-45)55-39)58-38-36(52)34(50)33(49)27(56-38)21-54-23(3)46/h11,24-39,45,47-53H,10,12-21H2,1-9H3/t24-,25+,26+,27+,28-,29+,30-,31-,32+,33+,34-,35-,36+,37+,38-,39-,41-,42+,43+,44+/m0/s1. The Morgan fingerprint density at radius 3 is 2.05 bits per heavy atom. The summed E-state index contributed by atoms with van der Waals surface area (Å²) in [7, 11) is 0. The van der Waals surface area contributed by atoms with E-state index in [2.05, 4.69) is 54.5 Å². The molecule has 0 aromatic carbocycles. The number of aliphatic hydroxyl groups excluding tert-OH is 7. The van der Waals surface area contributed by atoms with Crippen LogP contribution in [-0.4, -0.2) is 139 Å². The van der Waals surface area contributed by atoms with E-state index in [-0.39, 0.29) is 39.9 Å². The van der Waals surface area contributed by atoms with Crippen LogP contribution in [0.1, 0.15) is 120 Å². The van der Waals surface area contributed by atoms with Crippen LogP contribution >= 0.6 is 0 Å². The third-order valence-electron chi connectivity index (χ3n) is 16.9. The zero-order chi connectivity index (χ0) is 42.9. The van der Waals surface area contributed by atoms with Crippen LogP contribution in [0.25, 0.3) is 0 Å². The Bertz CT molecular complexity index is 1480. The molecule has 2 heterocycles. The van der Waals surface area contributed by atoms with Crippen LogP contribution in [0, 0.1) is 45.3 Å². The highest BCUT2D eigenvalue weighted by Gasteiger charge is 2.71. The summed E-state index contributed by atoms with van der Waals surface area (Å²) < 4.78 is 29.6. The van der Waals surface area contributed by atoms with Crippen LogP contribution in [0.15, 0.2) is 11.6 Å². The molecular formula is C44H74O14. The number of carbonyl (C=O) groups excluding carboxylic acids is 1. The largest absolute Gasteiger partial charge is 0.463 e. The Morgan fingerprint density at radius 2 is 1.41 bits per heavy atom. The molecule has 2 aliphatic heterocycles. The minimum Gasteiger partial charge on any atom is -0.463 e. The van der Waals surface area contributed by atoms with Gasteiger partial charge in [0.15, 0.2) is 12.6 Å². The van der Waals surface area contributed by atoms with E-state index in [4.69, 9.17) is 23.7 Å². The fourth-order valence-electron chi connectivity index (χ4n) is 13.5. The Balaban J connectivity index is 1.22. The van der Waals surface area contributed by atoms with Crippen LogP contribution in [-0.2, 0) is 28.5 Å². The van der Waals surface area contributed by atoms with Crippen molar-refractivity contribution in [3.05, 3.63) is 11.6 Å². The molecule has 8 N–H and O–H groups in total.